The molecule has 1 heterocycles. The van der Waals surface area contributed by atoms with Crippen LogP contribution in [0.25, 0.3) is 0 Å². The van der Waals surface area contributed by atoms with Crippen LogP contribution in [0.1, 0.15) is 10.4 Å². The molecule has 8 heteroatoms. The number of aromatic carboxylic acids is 1. The summed E-state index contributed by atoms with van der Waals surface area (Å²) in [6.45, 7) is 0.751. The number of rotatable bonds is 6. The van der Waals surface area contributed by atoms with E-state index in [4.69, 9.17) is 5.11 Å². The summed E-state index contributed by atoms with van der Waals surface area (Å²) in [4.78, 5) is 10.8. The minimum atomic E-state index is -3.69. The van der Waals surface area contributed by atoms with Gasteiger partial charge in [0.25, 0.3) is 0 Å². The van der Waals surface area contributed by atoms with Gasteiger partial charge in [-0.2, -0.15) is 0 Å². The van der Waals surface area contributed by atoms with Crippen LogP contribution in [0.5, 0.6) is 0 Å². The fraction of sp³-hybridized carbons (Fsp3) is 0.154. The van der Waals surface area contributed by atoms with Gasteiger partial charge in [-0.1, -0.05) is 0 Å². The van der Waals surface area contributed by atoms with Crippen LogP contribution < -0.4 is 4.72 Å². The number of halogens is 1. The van der Waals surface area contributed by atoms with Crippen molar-refractivity contribution in [3.8, 4) is 0 Å². The number of nitrogens with zero attached hydrogens (tertiary/aromatic N) is 1. The monoisotopic (exact) mass is 372 g/mol. The van der Waals surface area contributed by atoms with Crippen molar-refractivity contribution in [2.75, 3.05) is 6.54 Å². The van der Waals surface area contributed by atoms with Crippen LogP contribution in [-0.4, -0.2) is 30.6 Å². The lowest BCUT2D eigenvalue weighted by Gasteiger charge is -2.09. The zero-order chi connectivity index (χ0) is 15.5. The van der Waals surface area contributed by atoms with Crippen molar-refractivity contribution in [2.24, 2.45) is 0 Å². The van der Waals surface area contributed by atoms with E-state index in [2.05, 4.69) is 20.7 Å². The number of carbonyl (C=O) groups is 1. The van der Waals surface area contributed by atoms with Gasteiger partial charge in [0.1, 0.15) is 0 Å². The lowest BCUT2D eigenvalue weighted by atomic mass is 10.2. The molecule has 0 saturated carbocycles. The normalized spacial score (nSPS) is 11.5. The van der Waals surface area contributed by atoms with Crippen LogP contribution in [-0.2, 0) is 16.6 Å². The Balaban J connectivity index is 2.10. The van der Waals surface area contributed by atoms with Gasteiger partial charge in [0.15, 0.2) is 0 Å². The molecule has 2 aromatic rings. The van der Waals surface area contributed by atoms with Crippen LogP contribution in [0.4, 0.5) is 0 Å². The molecule has 21 heavy (non-hydrogen) atoms. The first-order valence-corrected chi connectivity index (χ1v) is 8.31. The Morgan fingerprint density at radius 2 is 1.95 bits per heavy atom. The molecule has 0 aliphatic carbocycles. The predicted molar refractivity (Wildman–Crippen MR) is 80.7 cm³/mol. The van der Waals surface area contributed by atoms with Crippen LogP contribution in [0.15, 0.2) is 52.1 Å². The molecular weight excluding hydrogens is 360 g/mol. The fourth-order valence-corrected chi connectivity index (χ4v) is 3.85. The fourth-order valence-electron chi connectivity index (χ4n) is 1.76. The number of carboxylic acids is 1. The van der Waals surface area contributed by atoms with Crippen molar-refractivity contribution in [2.45, 2.75) is 11.4 Å². The van der Waals surface area contributed by atoms with Gasteiger partial charge in [0.05, 0.1) is 10.5 Å². The first kappa shape index (κ1) is 15.7. The third-order valence-corrected chi connectivity index (χ3v) is 5.23. The largest absolute Gasteiger partial charge is 0.478 e. The van der Waals surface area contributed by atoms with Crippen molar-refractivity contribution in [1.82, 2.24) is 9.29 Å². The molecule has 6 nitrogen and oxygen atoms in total. The second-order valence-corrected chi connectivity index (χ2v) is 6.86. The van der Waals surface area contributed by atoms with E-state index >= 15 is 0 Å². The highest BCUT2D eigenvalue weighted by Gasteiger charge is 2.18. The van der Waals surface area contributed by atoms with Crippen molar-refractivity contribution in [1.29, 1.82) is 0 Å². The molecule has 0 fully saturated rings. The van der Waals surface area contributed by atoms with Crippen molar-refractivity contribution in [3.63, 3.8) is 0 Å². The molecule has 112 valence electrons. The maximum absolute atomic E-state index is 12.2. The Bertz CT molecular complexity index is 742. The molecule has 2 N–H and O–H groups in total. The van der Waals surface area contributed by atoms with E-state index < -0.39 is 16.0 Å². The van der Waals surface area contributed by atoms with Gasteiger partial charge in [0, 0.05) is 30.0 Å². The topological polar surface area (TPSA) is 88.4 Å². The van der Waals surface area contributed by atoms with E-state index in [1.54, 1.807) is 0 Å². The SMILES string of the molecule is O=C(O)c1ccc(S(=O)(=O)NCCn2cccc2)c(Br)c1. The van der Waals surface area contributed by atoms with E-state index in [0.29, 0.717) is 6.54 Å². The molecule has 0 saturated heterocycles. The maximum Gasteiger partial charge on any atom is 0.335 e. The number of benzene rings is 1. The Morgan fingerprint density at radius 1 is 1.29 bits per heavy atom. The summed E-state index contributed by atoms with van der Waals surface area (Å²) in [7, 11) is -3.69. The number of sulfonamides is 1. The minimum absolute atomic E-state index is 0.0139. The molecule has 2 rings (SSSR count). The average molecular weight is 373 g/mol. The van der Waals surface area contributed by atoms with Crippen molar-refractivity contribution in [3.05, 3.63) is 52.8 Å². The quantitative estimate of drug-likeness (QED) is 0.810. The summed E-state index contributed by atoms with van der Waals surface area (Å²) >= 11 is 3.09. The highest BCUT2D eigenvalue weighted by atomic mass is 79.9. The van der Waals surface area contributed by atoms with Crippen LogP contribution >= 0.6 is 15.9 Å². The standard InChI is InChI=1S/C13H13BrN2O4S/c14-11-9-10(13(17)18)3-4-12(11)21(19,20)15-5-8-16-6-1-2-7-16/h1-4,6-7,9,15H,5,8H2,(H,17,18). The molecule has 0 unspecified atom stereocenters. The number of aromatic nitrogens is 1. The summed E-state index contributed by atoms with van der Waals surface area (Å²) in [5.74, 6) is -1.11. The van der Waals surface area contributed by atoms with Gasteiger partial charge in [-0.3, -0.25) is 0 Å². The Labute approximate surface area is 130 Å². The molecule has 0 radical (unpaired) electrons. The Kier molecular flexibility index (Phi) is 4.81. The lowest BCUT2D eigenvalue weighted by Crippen LogP contribution is -2.27. The third-order valence-electron chi connectivity index (χ3n) is 2.80. The van der Waals surface area contributed by atoms with E-state index in [-0.39, 0.29) is 21.5 Å². The molecule has 0 atom stereocenters. The van der Waals surface area contributed by atoms with Crippen LogP contribution in [0.3, 0.4) is 0 Å². The van der Waals surface area contributed by atoms with E-state index in [1.165, 1.54) is 18.2 Å². The number of hydrogen-bond acceptors (Lipinski definition) is 3. The van der Waals surface area contributed by atoms with E-state index in [9.17, 15) is 13.2 Å². The van der Waals surface area contributed by atoms with Crippen LogP contribution in [0, 0.1) is 0 Å². The zero-order valence-electron chi connectivity index (χ0n) is 10.9. The lowest BCUT2D eigenvalue weighted by molar-refractivity contribution is 0.0696. The zero-order valence-corrected chi connectivity index (χ0v) is 13.3. The van der Waals surface area contributed by atoms with E-state index in [0.717, 1.165) is 0 Å². The first-order chi connectivity index (χ1) is 9.90. The van der Waals surface area contributed by atoms with Gasteiger partial charge >= 0.3 is 5.97 Å². The highest BCUT2D eigenvalue weighted by molar-refractivity contribution is 9.10. The first-order valence-electron chi connectivity index (χ1n) is 6.03. The molecule has 0 bridgehead atoms. The van der Waals surface area contributed by atoms with Gasteiger partial charge in [0.2, 0.25) is 10.0 Å². The molecule has 0 amide bonds. The maximum atomic E-state index is 12.2. The molecule has 0 aliphatic rings. The molecule has 0 spiro atoms. The number of nitrogens with one attached hydrogen (secondary N) is 1. The van der Waals surface area contributed by atoms with E-state index in [1.807, 2.05) is 29.1 Å². The molecule has 0 aliphatic heterocycles. The molecular formula is C13H13BrN2O4S. The van der Waals surface area contributed by atoms with Crippen molar-refractivity contribution < 1.29 is 18.3 Å². The molecule has 1 aromatic heterocycles. The third kappa shape index (κ3) is 3.93. The summed E-state index contributed by atoms with van der Waals surface area (Å²) in [5.41, 5.74) is 0.0215. The Hall–Kier alpha value is -1.64. The summed E-state index contributed by atoms with van der Waals surface area (Å²) in [6, 6.07) is 7.51. The highest BCUT2D eigenvalue weighted by Crippen LogP contribution is 2.23. The second-order valence-electron chi connectivity index (χ2n) is 4.27. The van der Waals surface area contributed by atoms with Gasteiger partial charge in [-0.05, 0) is 46.3 Å². The predicted octanol–water partition coefficient (Wildman–Crippen LogP) is 1.93. The van der Waals surface area contributed by atoms with Crippen LogP contribution in [0.2, 0.25) is 0 Å². The number of carboxylic acid groups (broad SMARTS) is 1. The summed E-state index contributed by atoms with van der Waals surface area (Å²) in [5, 5.41) is 8.86. The van der Waals surface area contributed by atoms with Gasteiger partial charge in [-0.15, -0.1) is 0 Å². The molecule has 1 aromatic carbocycles. The number of hydrogen-bond donors (Lipinski definition) is 2. The van der Waals surface area contributed by atoms with Gasteiger partial charge in [-0.25, -0.2) is 17.9 Å². The minimum Gasteiger partial charge on any atom is -0.478 e. The smallest absolute Gasteiger partial charge is 0.335 e. The average Bonchev–Trinajstić information content (AvgIpc) is 2.91. The second kappa shape index (κ2) is 6.42. The Morgan fingerprint density at radius 3 is 2.52 bits per heavy atom. The van der Waals surface area contributed by atoms with Crippen molar-refractivity contribution >= 4 is 31.9 Å². The summed E-state index contributed by atoms with van der Waals surface area (Å²) in [6.07, 6.45) is 3.68. The van der Waals surface area contributed by atoms with Gasteiger partial charge < -0.3 is 9.67 Å². The summed E-state index contributed by atoms with van der Waals surface area (Å²) < 4.78 is 28.9.